The van der Waals surface area contributed by atoms with Crippen LogP contribution in [0.5, 0.6) is 5.75 Å². The van der Waals surface area contributed by atoms with Gasteiger partial charge in [-0.05, 0) is 42.0 Å². The maximum Gasteiger partial charge on any atom is 0.229 e. The molecule has 0 atom stereocenters. The Kier molecular flexibility index (Phi) is 5.43. The van der Waals surface area contributed by atoms with E-state index in [0.717, 1.165) is 22.6 Å². The van der Waals surface area contributed by atoms with Gasteiger partial charge in [0.05, 0.1) is 7.11 Å². The van der Waals surface area contributed by atoms with Crippen molar-refractivity contribution in [2.45, 2.75) is 0 Å². The van der Waals surface area contributed by atoms with Gasteiger partial charge < -0.3 is 14.9 Å². The highest BCUT2D eigenvalue weighted by Crippen LogP contribution is 2.36. The Morgan fingerprint density at radius 1 is 0.909 bits per heavy atom. The zero-order valence-electron chi connectivity index (χ0n) is 17.9. The molecule has 0 aliphatic carbocycles. The fraction of sp³-hybridized carbons (Fsp3) is 0.0385. The first-order valence-corrected chi connectivity index (χ1v) is 10.4. The molecule has 7 nitrogen and oxygen atoms in total. The summed E-state index contributed by atoms with van der Waals surface area (Å²) >= 11 is 0. The molecule has 0 radical (unpaired) electrons. The Morgan fingerprint density at radius 3 is 2.30 bits per heavy atom. The molecule has 0 saturated carbocycles. The van der Waals surface area contributed by atoms with Crippen molar-refractivity contribution < 1.29 is 9.15 Å². The van der Waals surface area contributed by atoms with E-state index in [0.29, 0.717) is 23.1 Å². The first kappa shape index (κ1) is 20.3. The molecule has 0 fully saturated rings. The molecule has 2 N–H and O–H groups in total. The van der Waals surface area contributed by atoms with Crippen LogP contribution in [-0.2, 0) is 0 Å². The number of imidazole rings is 1. The van der Waals surface area contributed by atoms with Gasteiger partial charge >= 0.3 is 0 Å². The average molecular weight is 435 g/mol. The average Bonchev–Trinajstić information content (AvgIpc) is 3.47. The molecule has 5 rings (SSSR count). The number of ether oxygens (including phenoxy) is 1. The van der Waals surface area contributed by atoms with E-state index in [1.165, 1.54) is 0 Å². The molecular formula is C26H21N5O2. The first-order valence-electron chi connectivity index (χ1n) is 10.4. The number of oxazole rings is 1. The van der Waals surface area contributed by atoms with Gasteiger partial charge in [0.2, 0.25) is 11.8 Å². The van der Waals surface area contributed by atoms with E-state index < -0.39 is 0 Å². The Hall–Kier alpha value is -4.65. The SMILES string of the molecule is COc1ccc(-n2cnc(-c3nc(-c4ccccc4)oc3N)c2/N=C/c2ccccc2)cc1. The summed E-state index contributed by atoms with van der Waals surface area (Å²) in [6, 6.07) is 27.1. The standard InChI is InChI=1S/C26H21N5O2/c1-32-21-14-12-20(13-15-21)31-17-29-23(25(31)28-16-18-8-4-2-5-9-18)22-24(27)33-26(30-22)19-10-6-3-7-11-19/h2-17H,27H2,1H3/b28-16+. The van der Waals surface area contributed by atoms with E-state index in [1.807, 2.05) is 89.5 Å². The zero-order chi connectivity index (χ0) is 22.6. The number of nitrogen functional groups attached to an aromatic ring is 1. The monoisotopic (exact) mass is 435 g/mol. The highest BCUT2D eigenvalue weighted by molar-refractivity contribution is 5.85. The molecule has 2 heterocycles. The summed E-state index contributed by atoms with van der Waals surface area (Å²) in [5, 5.41) is 0. The Bertz CT molecular complexity index is 1390. The van der Waals surface area contributed by atoms with Crippen molar-refractivity contribution in [2.75, 3.05) is 12.8 Å². The summed E-state index contributed by atoms with van der Waals surface area (Å²) in [6.07, 6.45) is 3.49. The van der Waals surface area contributed by atoms with Gasteiger partial charge in [0.1, 0.15) is 17.8 Å². The van der Waals surface area contributed by atoms with Crippen molar-refractivity contribution in [3.05, 3.63) is 96.8 Å². The fourth-order valence-electron chi connectivity index (χ4n) is 3.44. The van der Waals surface area contributed by atoms with Crippen LogP contribution in [0.2, 0.25) is 0 Å². The van der Waals surface area contributed by atoms with Crippen molar-refractivity contribution in [3.8, 4) is 34.3 Å². The largest absolute Gasteiger partial charge is 0.497 e. The van der Waals surface area contributed by atoms with Gasteiger partial charge in [0.15, 0.2) is 11.5 Å². The van der Waals surface area contributed by atoms with E-state index in [2.05, 4.69) is 9.97 Å². The van der Waals surface area contributed by atoms with Gasteiger partial charge in [-0.2, -0.15) is 0 Å². The molecule has 3 aromatic carbocycles. The van der Waals surface area contributed by atoms with E-state index in [-0.39, 0.29) is 5.88 Å². The molecule has 2 aromatic heterocycles. The predicted octanol–water partition coefficient (Wildman–Crippen LogP) is 5.54. The molecule has 5 aromatic rings. The number of nitrogens with two attached hydrogens (primary N) is 1. The number of aromatic nitrogens is 3. The second-order valence-corrected chi connectivity index (χ2v) is 7.25. The number of hydrogen-bond acceptors (Lipinski definition) is 6. The number of anilines is 1. The lowest BCUT2D eigenvalue weighted by Gasteiger charge is -2.07. The first-order chi connectivity index (χ1) is 16.2. The minimum atomic E-state index is 0.185. The predicted molar refractivity (Wildman–Crippen MR) is 129 cm³/mol. The third-order valence-electron chi connectivity index (χ3n) is 5.13. The lowest BCUT2D eigenvalue weighted by molar-refractivity contribution is 0.415. The topological polar surface area (TPSA) is 91.5 Å². The Labute approximate surface area is 190 Å². The quantitative estimate of drug-likeness (QED) is 0.354. The van der Waals surface area contributed by atoms with Crippen molar-refractivity contribution >= 4 is 17.9 Å². The molecule has 0 bridgehead atoms. The van der Waals surface area contributed by atoms with Gasteiger partial charge in [-0.25, -0.2) is 15.0 Å². The second-order valence-electron chi connectivity index (χ2n) is 7.25. The van der Waals surface area contributed by atoms with Crippen molar-refractivity contribution in [3.63, 3.8) is 0 Å². The third-order valence-corrected chi connectivity index (χ3v) is 5.13. The van der Waals surface area contributed by atoms with Gasteiger partial charge in [0.25, 0.3) is 0 Å². The molecule has 0 unspecified atom stereocenters. The summed E-state index contributed by atoms with van der Waals surface area (Å²) in [5.74, 6) is 1.97. The Morgan fingerprint density at radius 2 is 1.61 bits per heavy atom. The highest BCUT2D eigenvalue weighted by Gasteiger charge is 2.21. The van der Waals surface area contributed by atoms with Crippen LogP contribution in [0.15, 0.2) is 101 Å². The molecule has 0 amide bonds. The van der Waals surface area contributed by atoms with E-state index >= 15 is 0 Å². The van der Waals surface area contributed by atoms with Crippen LogP contribution >= 0.6 is 0 Å². The number of rotatable bonds is 6. The normalized spacial score (nSPS) is 11.2. The number of methoxy groups -OCH3 is 1. The van der Waals surface area contributed by atoms with E-state index in [4.69, 9.17) is 19.9 Å². The van der Waals surface area contributed by atoms with Crippen LogP contribution in [-0.4, -0.2) is 27.9 Å². The van der Waals surface area contributed by atoms with Crippen molar-refractivity contribution in [1.82, 2.24) is 14.5 Å². The zero-order valence-corrected chi connectivity index (χ0v) is 17.9. The lowest BCUT2D eigenvalue weighted by atomic mass is 10.2. The summed E-state index contributed by atoms with van der Waals surface area (Å²) in [4.78, 5) is 14.0. The second kappa shape index (κ2) is 8.84. The molecule has 0 spiro atoms. The third kappa shape index (κ3) is 4.12. The van der Waals surface area contributed by atoms with E-state index in [9.17, 15) is 0 Å². The van der Waals surface area contributed by atoms with Gasteiger partial charge in [-0.15, -0.1) is 0 Å². The van der Waals surface area contributed by atoms with Crippen LogP contribution in [0.25, 0.3) is 28.5 Å². The highest BCUT2D eigenvalue weighted by atomic mass is 16.5. The van der Waals surface area contributed by atoms with Crippen LogP contribution in [0.4, 0.5) is 11.7 Å². The summed E-state index contributed by atoms with van der Waals surface area (Å²) in [5.41, 5.74) is 9.87. The molecule has 33 heavy (non-hydrogen) atoms. The molecule has 7 heteroatoms. The maximum atomic E-state index is 6.23. The molecule has 0 saturated heterocycles. The number of aliphatic imine (C=N–C) groups is 1. The van der Waals surface area contributed by atoms with Crippen molar-refractivity contribution in [2.24, 2.45) is 4.99 Å². The molecule has 0 aliphatic heterocycles. The van der Waals surface area contributed by atoms with Crippen LogP contribution < -0.4 is 10.5 Å². The molecule has 162 valence electrons. The lowest BCUT2D eigenvalue weighted by Crippen LogP contribution is -1.94. The van der Waals surface area contributed by atoms with E-state index in [1.54, 1.807) is 19.7 Å². The summed E-state index contributed by atoms with van der Waals surface area (Å²) < 4.78 is 12.9. The van der Waals surface area contributed by atoms with Gasteiger partial charge in [0, 0.05) is 17.5 Å². The summed E-state index contributed by atoms with van der Waals surface area (Å²) in [7, 11) is 1.64. The molecule has 0 aliphatic rings. The van der Waals surface area contributed by atoms with Gasteiger partial charge in [-0.1, -0.05) is 48.5 Å². The number of nitrogens with zero attached hydrogens (tertiary/aromatic N) is 4. The smallest absolute Gasteiger partial charge is 0.229 e. The minimum absolute atomic E-state index is 0.185. The molecular weight excluding hydrogens is 414 g/mol. The fourth-order valence-corrected chi connectivity index (χ4v) is 3.44. The van der Waals surface area contributed by atoms with Gasteiger partial charge in [-0.3, -0.25) is 4.57 Å². The van der Waals surface area contributed by atoms with Crippen LogP contribution in [0.1, 0.15) is 5.56 Å². The maximum absolute atomic E-state index is 6.23. The van der Waals surface area contributed by atoms with Crippen LogP contribution in [0.3, 0.4) is 0 Å². The Balaban J connectivity index is 1.62. The number of hydrogen-bond donors (Lipinski definition) is 1. The van der Waals surface area contributed by atoms with Crippen molar-refractivity contribution in [1.29, 1.82) is 0 Å². The summed E-state index contributed by atoms with van der Waals surface area (Å²) in [6.45, 7) is 0. The minimum Gasteiger partial charge on any atom is -0.497 e. The number of benzene rings is 3. The van der Waals surface area contributed by atoms with Crippen LogP contribution in [0, 0.1) is 0 Å².